The fourth-order valence-corrected chi connectivity index (χ4v) is 4.06. The van der Waals surface area contributed by atoms with E-state index in [4.69, 9.17) is 9.47 Å². The van der Waals surface area contributed by atoms with Crippen molar-refractivity contribution in [3.63, 3.8) is 0 Å². The monoisotopic (exact) mass is 449 g/mol. The third kappa shape index (κ3) is 3.66. The number of halogens is 1. The molecule has 0 radical (unpaired) electrons. The number of para-hydroxylation sites is 2. The Morgan fingerprint density at radius 3 is 2.31 bits per heavy atom. The van der Waals surface area contributed by atoms with Crippen LogP contribution < -0.4 is 9.47 Å². The van der Waals surface area contributed by atoms with E-state index in [-0.39, 0.29) is 12.4 Å². The van der Waals surface area contributed by atoms with Gasteiger partial charge in [-0.15, -0.1) is 0 Å². The second kappa shape index (κ2) is 8.13. The number of benzene rings is 3. The summed E-state index contributed by atoms with van der Waals surface area (Å²) >= 11 is 3.57. The first-order valence-electron chi connectivity index (χ1n) is 9.25. The first kappa shape index (κ1) is 19.3. The molecule has 1 aromatic heterocycles. The number of rotatable bonds is 6. The van der Waals surface area contributed by atoms with Crippen molar-refractivity contribution in [2.24, 2.45) is 0 Å². The smallest absolute Gasteiger partial charge is 0.202 e. The lowest BCUT2D eigenvalue weighted by atomic mass is 10.1. The number of nitrogens with zero attached hydrogens (tertiary/aromatic N) is 1. The molecule has 0 aliphatic heterocycles. The lowest BCUT2D eigenvalue weighted by Crippen LogP contribution is -2.13. The van der Waals surface area contributed by atoms with Crippen LogP contribution in [0.3, 0.4) is 0 Å². The number of methoxy groups -OCH3 is 1. The lowest BCUT2D eigenvalue weighted by Gasteiger charge is -2.09. The Kier molecular flexibility index (Phi) is 5.41. The summed E-state index contributed by atoms with van der Waals surface area (Å²) in [5, 5.41) is 0.841. The zero-order valence-electron chi connectivity index (χ0n) is 16.2. The first-order valence-corrected chi connectivity index (χ1v) is 10.0. The Morgan fingerprint density at radius 2 is 1.66 bits per heavy atom. The van der Waals surface area contributed by atoms with Gasteiger partial charge in [-0.25, -0.2) is 0 Å². The predicted octanol–water partition coefficient (Wildman–Crippen LogP) is 5.97. The fourth-order valence-electron chi connectivity index (χ4n) is 3.57. The van der Waals surface area contributed by atoms with Crippen molar-refractivity contribution in [3.8, 4) is 17.2 Å². The Morgan fingerprint density at radius 1 is 1.00 bits per heavy atom. The van der Waals surface area contributed by atoms with Gasteiger partial charge in [0.1, 0.15) is 11.5 Å². The molecule has 0 aliphatic rings. The maximum atomic E-state index is 13.2. The molecule has 146 valence electrons. The van der Waals surface area contributed by atoms with Crippen molar-refractivity contribution in [3.05, 3.63) is 88.5 Å². The number of aromatic nitrogens is 1. The minimum atomic E-state index is -0.0737. The highest BCUT2D eigenvalue weighted by atomic mass is 79.9. The van der Waals surface area contributed by atoms with Crippen molar-refractivity contribution in [2.45, 2.75) is 6.92 Å². The molecule has 0 spiro atoms. The van der Waals surface area contributed by atoms with Crippen LogP contribution in [0.4, 0.5) is 0 Å². The van der Waals surface area contributed by atoms with Gasteiger partial charge in [-0.3, -0.25) is 4.79 Å². The van der Waals surface area contributed by atoms with E-state index in [1.165, 1.54) is 0 Å². The third-order valence-electron chi connectivity index (χ3n) is 4.88. The summed E-state index contributed by atoms with van der Waals surface area (Å²) in [6, 6.07) is 23.3. The average molecular weight is 450 g/mol. The number of fused-ring (bicyclic) bond motifs is 1. The molecule has 0 saturated heterocycles. The zero-order chi connectivity index (χ0) is 20.4. The fraction of sp³-hybridized carbons (Fsp3) is 0.125. The average Bonchev–Trinajstić information content (AvgIpc) is 3.03. The van der Waals surface area contributed by atoms with Gasteiger partial charge in [0.2, 0.25) is 5.78 Å². The van der Waals surface area contributed by atoms with E-state index in [2.05, 4.69) is 20.5 Å². The van der Waals surface area contributed by atoms with Gasteiger partial charge in [0, 0.05) is 16.8 Å². The van der Waals surface area contributed by atoms with Crippen LogP contribution >= 0.6 is 15.9 Å². The summed E-state index contributed by atoms with van der Waals surface area (Å²) in [4.78, 5) is 13.2. The molecule has 4 nitrogen and oxygen atoms in total. The van der Waals surface area contributed by atoms with Gasteiger partial charge < -0.3 is 14.0 Å². The van der Waals surface area contributed by atoms with E-state index < -0.39 is 0 Å². The molecule has 0 N–H and O–H groups in total. The first-order chi connectivity index (χ1) is 14.1. The normalized spacial score (nSPS) is 10.9. The molecule has 1 heterocycles. The van der Waals surface area contributed by atoms with E-state index in [0.29, 0.717) is 17.1 Å². The Balaban J connectivity index is 1.84. The van der Waals surface area contributed by atoms with Crippen molar-refractivity contribution in [2.75, 3.05) is 13.7 Å². The van der Waals surface area contributed by atoms with Gasteiger partial charge in [-0.1, -0.05) is 36.4 Å². The minimum absolute atomic E-state index is 0.0306. The molecular weight excluding hydrogens is 430 g/mol. The maximum Gasteiger partial charge on any atom is 0.202 e. The number of hydrogen-bond acceptors (Lipinski definition) is 3. The molecular formula is C24H20BrNO3. The van der Waals surface area contributed by atoms with Crippen LogP contribution in [0.25, 0.3) is 16.6 Å². The van der Waals surface area contributed by atoms with Gasteiger partial charge in [0.25, 0.3) is 0 Å². The second-order valence-corrected chi connectivity index (χ2v) is 7.51. The van der Waals surface area contributed by atoms with Crippen LogP contribution in [0.1, 0.15) is 16.1 Å². The highest BCUT2D eigenvalue weighted by Gasteiger charge is 2.23. The van der Waals surface area contributed by atoms with E-state index >= 15 is 0 Å². The minimum Gasteiger partial charge on any atom is -0.496 e. The quantitative estimate of drug-likeness (QED) is 0.340. The molecule has 0 saturated carbocycles. The Hall–Kier alpha value is -3.05. The van der Waals surface area contributed by atoms with Crippen LogP contribution in [0, 0.1) is 6.92 Å². The van der Waals surface area contributed by atoms with Crippen LogP contribution in [-0.4, -0.2) is 24.1 Å². The maximum absolute atomic E-state index is 13.2. The molecule has 0 atom stereocenters. The van der Waals surface area contributed by atoms with E-state index in [0.717, 1.165) is 26.8 Å². The number of ketones is 1. The summed E-state index contributed by atoms with van der Waals surface area (Å²) < 4.78 is 14.1. The summed E-state index contributed by atoms with van der Waals surface area (Å²) in [6.07, 6.45) is 0. The van der Waals surface area contributed by atoms with Gasteiger partial charge >= 0.3 is 0 Å². The third-order valence-corrected chi connectivity index (χ3v) is 5.50. The topological polar surface area (TPSA) is 40.5 Å². The molecule has 0 unspecified atom stereocenters. The number of carbonyl (C=O) groups excluding carboxylic acids is 1. The van der Waals surface area contributed by atoms with E-state index in [1.54, 1.807) is 7.11 Å². The van der Waals surface area contributed by atoms with Gasteiger partial charge in [0.15, 0.2) is 6.61 Å². The molecule has 0 aliphatic carbocycles. The molecule has 3 aromatic carbocycles. The molecule has 0 fully saturated rings. The number of hydrogen-bond donors (Lipinski definition) is 0. The summed E-state index contributed by atoms with van der Waals surface area (Å²) in [5.41, 5.74) is 3.44. The molecule has 4 aromatic rings. The standard InChI is InChI=1S/C24H20BrNO3/c1-16-24(22(27)15-29-18-11-7-4-8-12-18)19-13-23(28-2)20(25)14-21(19)26(16)17-9-5-3-6-10-17/h3-14H,15H2,1-2H3. The number of ether oxygens (including phenoxy) is 2. The lowest BCUT2D eigenvalue weighted by molar-refractivity contribution is 0.0922. The van der Waals surface area contributed by atoms with Crippen molar-refractivity contribution < 1.29 is 14.3 Å². The Labute approximate surface area is 177 Å². The highest BCUT2D eigenvalue weighted by molar-refractivity contribution is 9.10. The number of Topliss-reactive ketones (excluding diaryl/α,β-unsaturated/α-hetero) is 1. The van der Waals surface area contributed by atoms with Crippen molar-refractivity contribution in [1.29, 1.82) is 0 Å². The highest BCUT2D eigenvalue weighted by Crippen LogP contribution is 2.36. The molecule has 5 heteroatoms. The summed E-state index contributed by atoms with van der Waals surface area (Å²) in [6.45, 7) is 1.93. The molecule has 29 heavy (non-hydrogen) atoms. The molecule has 0 amide bonds. The van der Waals surface area contributed by atoms with Gasteiger partial charge in [-0.2, -0.15) is 0 Å². The zero-order valence-corrected chi connectivity index (χ0v) is 17.8. The second-order valence-electron chi connectivity index (χ2n) is 6.66. The SMILES string of the molecule is COc1cc2c(C(=O)COc3ccccc3)c(C)n(-c3ccccc3)c2cc1Br. The largest absolute Gasteiger partial charge is 0.496 e. The van der Waals surface area contributed by atoms with Crippen LogP contribution in [-0.2, 0) is 0 Å². The van der Waals surface area contributed by atoms with E-state index in [9.17, 15) is 4.79 Å². The molecule has 4 rings (SSSR count). The summed E-state index contributed by atoms with van der Waals surface area (Å²) in [7, 11) is 1.62. The van der Waals surface area contributed by atoms with Crippen LogP contribution in [0.5, 0.6) is 11.5 Å². The predicted molar refractivity (Wildman–Crippen MR) is 119 cm³/mol. The van der Waals surface area contributed by atoms with Gasteiger partial charge in [-0.05, 0) is 59.3 Å². The van der Waals surface area contributed by atoms with Crippen LogP contribution in [0.15, 0.2) is 77.3 Å². The number of carbonyl (C=O) groups is 1. The molecule has 0 bridgehead atoms. The van der Waals surface area contributed by atoms with Crippen molar-refractivity contribution >= 4 is 32.6 Å². The van der Waals surface area contributed by atoms with Gasteiger partial charge in [0.05, 0.1) is 22.7 Å². The van der Waals surface area contributed by atoms with Crippen molar-refractivity contribution in [1.82, 2.24) is 4.57 Å². The van der Waals surface area contributed by atoms with E-state index in [1.807, 2.05) is 79.7 Å². The summed E-state index contributed by atoms with van der Waals surface area (Å²) in [5.74, 6) is 1.28. The Bertz CT molecular complexity index is 1170. The van der Waals surface area contributed by atoms with Crippen LogP contribution in [0.2, 0.25) is 0 Å².